The molecule has 1 fully saturated rings. The van der Waals surface area contributed by atoms with Crippen LogP contribution in [0.2, 0.25) is 0 Å². The van der Waals surface area contributed by atoms with E-state index in [1.165, 1.54) is 11.1 Å². The van der Waals surface area contributed by atoms with Crippen molar-refractivity contribution in [3.05, 3.63) is 71.8 Å². The Morgan fingerprint density at radius 2 is 1.67 bits per heavy atom. The zero-order valence-electron chi connectivity index (χ0n) is 14.6. The molecule has 3 heteroatoms. The molecule has 128 valence electrons. The van der Waals surface area contributed by atoms with Gasteiger partial charge in [0.25, 0.3) is 0 Å². The summed E-state index contributed by atoms with van der Waals surface area (Å²) in [5.74, 6) is 0. The van der Waals surface area contributed by atoms with Crippen LogP contribution in [0.3, 0.4) is 0 Å². The van der Waals surface area contributed by atoms with E-state index in [0.29, 0.717) is 6.10 Å². The van der Waals surface area contributed by atoms with Gasteiger partial charge in [-0.2, -0.15) is 0 Å². The first-order chi connectivity index (χ1) is 11.8. The van der Waals surface area contributed by atoms with Crippen molar-refractivity contribution in [2.75, 3.05) is 33.3 Å². The number of nitrogens with zero attached hydrogens (tertiary/aromatic N) is 2. The minimum atomic E-state index is 0.348. The molecule has 0 bridgehead atoms. The van der Waals surface area contributed by atoms with E-state index < -0.39 is 0 Å². The Balaban J connectivity index is 1.42. The predicted molar refractivity (Wildman–Crippen MR) is 98.9 cm³/mol. The van der Waals surface area contributed by atoms with E-state index in [9.17, 15) is 0 Å². The van der Waals surface area contributed by atoms with Gasteiger partial charge in [0.05, 0.1) is 12.7 Å². The maximum atomic E-state index is 5.98. The molecule has 1 aliphatic heterocycles. The zero-order chi connectivity index (χ0) is 16.6. The first-order valence-corrected chi connectivity index (χ1v) is 8.90. The summed E-state index contributed by atoms with van der Waals surface area (Å²) in [7, 11) is 2.19. The zero-order valence-corrected chi connectivity index (χ0v) is 14.6. The van der Waals surface area contributed by atoms with E-state index in [0.717, 1.165) is 45.8 Å². The maximum Gasteiger partial charge on any atom is 0.0714 e. The lowest BCUT2D eigenvalue weighted by molar-refractivity contribution is -0.0378. The van der Waals surface area contributed by atoms with Gasteiger partial charge in [-0.15, -0.1) is 0 Å². The molecular formula is C21H28N2O. The molecule has 0 aromatic heterocycles. The SMILES string of the molecule is CN(CCC1CN(Cc2ccccc2)CCO1)Cc1ccccc1. The Bertz CT molecular complexity index is 587. The highest BCUT2D eigenvalue weighted by Crippen LogP contribution is 2.13. The highest BCUT2D eigenvalue weighted by atomic mass is 16.5. The molecule has 1 saturated heterocycles. The standard InChI is InChI=1S/C21H28N2O/c1-22(16-19-8-4-2-5-9-19)13-12-21-18-23(14-15-24-21)17-20-10-6-3-7-11-20/h2-11,21H,12-18H2,1H3. The predicted octanol–water partition coefficient (Wildman–Crippen LogP) is 3.41. The van der Waals surface area contributed by atoms with Gasteiger partial charge in [-0.25, -0.2) is 0 Å². The van der Waals surface area contributed by atoms with Crippen LogP contribution in [0.1, 0.15) is 17.5 Å². The third-order valence-corrected chi connectivity index (χ3v) is 4.60. The monoisotopic (exact) mass is 324 g/mol. The molecule has 0 amide bonds. The van der Waals surface area contributed by atoms with Crippen molar-refractivity contribution < 1.29 is 4.74 Å². The van der Waals surface area contributed by atoms with E-state index >= 15 is 0 Å². The van der Waals surface area contributed by atoms with Crippen LogP contribution in [0, 0.1) is 0 Å². The molecule has 1 aliphatic rings. The van der Waals surface area contributed by atoms with Crippen molar-refractivity contribution in [3.8, 4) is 0 Å². The Kier molecular flexibility index (Phi) is 6.41. The smallest absolute Gasteiger partial charge is 0.0714 e. The van der Waals surface area contributed by atoms with Crippen molar-refractivity contribution in [2.24, 2.45) is 0 Å². The topological polar surface area (TPSA) is 15.7 Å². The Labute approximate surface area is 145 Å². The van der Waals surface area contributed by atoms with Gasteiger partial charge in [-0.1, -0.05) is 60.7 Å². The van der Waals surface area contributed by atoms with Crippen LogP contribution in [0.25, 0.3) is 0 Å². The molecule has 2 aromatic carbocycles. The highest BCUT2D eigenvalue weighted by molar-refractivity contribution is 5.15. The van der Waals surface area contributed by atoms with Gasteiger partial charge >= 0.3 is 0 Å². The lowest BCUT2D eigenvalue weighted by atomic mass is 10.1. The number of hydrogen-bond acceptors (Lipinski definition) is 3. The fourth-order valence-electron chi connectivity index (χ4n) is 3.28. The van der Waals surface area contributed by atoms with Crippen molar-refractivity contribution >= 4 is 0 Å². The van der Waals surface area contributed by atoms with E-state index in [1.54, 1.807) is 0 Å². The molecule has 0 N–H and O–H groups in total. The fourth-order valence-corrected chi connectivity index (χ4v) is 3.28. The second kappa shape index (κ2) is 8.97. The Morgan fingerprint density at radius 1 is 1.00 bits per heavy atom. The van der Waals surface area contributed by atoms with Crippen molar-refractivity contribution in [1.29, 1.82) is 0 Å². The lowest BCUT2D eigenvalue weighted by Gasteiger charge is -2.33. The van der Waals surface area contributed by atoms with Gasteiger partial charge < -0.3 is 9.64 Å². The van der Waals surface area contributed by atoms with Crippen LogP contribution < -0.4 is 0 Å². The average molecular weight is 324 g/mol. The third kappa shape index (κ3) is 5.45. The molecule has 0 aliphatic carbocycles. The summed E-state index contributed by atoms with van der Waals surface area (Å²) in [6.45, 7) is 6.01. The van der Waals surface area contributed by atoms with E-state index in [4.69, 9.17) is 4.74 Å². The molecule has 3 rings (SSSR count). The van der Waals surface area contributed by atoms with E-state index in [2.05, 4.69) is 77.5 Å². The fraction of sp³-hybridized carbons (Fsp3) is 0.429. The maximum absolute atomic E-state index is 5.98. The van der Waals surface area contributed by atoms with Crippen molar-refractivity contribution in [2.45, 2.75) is 25.6 Å². The largest absolute Gasteiger partial charge is 0.376 e. The average Bonchev–Trinajstić information content (AvgIpc) is 2.62. The molecular weight excluding hydrogens is 296 g/mol. The normalized spacial score (nSPS) is 18.8. The first-order valence-electron chi connectivity index (χ1n) is 8.90. The third-order valence-electron chi connectivity index (χ3n) is 4.60. The molecule has 1 heterocycles. The minimum absolute atomic E-state index is 0.348. The van der Waals surface area contributed by atoms with Gasteiger partial charge in [-0.3, -0.25) is 4.90 Å². The van der Waals surface area contributed by atoms with Gasteiger partial charge in [0.2, 0.25) is 0 Å². The summed E-state index contributed by atoms with van der Waals surface area (Å²) in [4.78, 5) is 4.90. The van der Waals surface area contributed by atoms with Crippen LogP contribution in [-0.2, 0) is 17.8 Å². The molecule has 0 spiro atoms. The van der Waals surface area contributed by atoms with Crippen molar-refractivity contribution in [3.63, 3.8) is 0 Å². The minimum Gasteiger partial charge on any atom is -0.376 e. The molecule has 24 heavy (non-hydrogen) atoms. The molecule has 1 unspecified atom stereocenters. The summed E-state index contributed by atoms with van der Waals surface area (Å²) < 4.78 is 5.98. The molecule has 3 nitrogen and oxygen atoms in total. The molecule has 1 atom stereocenters. The van der Waals surface area contributed by atoms with E-state index in [-0.39, 0.29) is 0 Å². The summed E-state index contributed by atoms with van der Waals surface area (Å²) in [6, 6.07) is 21.4. The Hall–Kier alpha value is -1.68. The molecule has 2 aromatic rings. The van der Waals surface area contributed by atoms with Gasteiger partial charge in [-0.05, 0) is 24.6 Å². The summed E-state index contributed by atoms with van der Waals surface area (Å²) in [5.41, 5.74) is 2.76. The van der Waals surface area contributed by atoms with Crippen LogP contribution >= 0.6 is 0 Å². The summed E-state index contributed by atoms with van der Waals surface area (Å²) >= 11 is 0. The number of rotatable bonds is 7. The van der Waals surface area contributed by atoms with Gasteiger partial charge in [0.1, 0.15) is 0 Å². The lowest BCUT2D eigenvalue weighted by Crippen LogP contribution is -2.43. The molecule has 0 radical (unpaired) electrons. The Morgan fingerprint density at radius 3 is 2.38 bits per heavy atom. The summed E-state index contributed by atoms with van der Waals surface area (Å²) in [6.07, 6.45) is 1.44. The first kappa shape index (κ1) is 17.2. The van der Waals surface area contributed by atoms with Crippen LogP contribution in [0.4, 0.5) is 0 Å². The van der Waals surface area contributed by atoms with Crippen LogP contribution in [-0.4, -0.2) is 49.2 Å². The second-order valence-electron chi connectivity index (χ2n) is 6.73. The second-order valence-corrected chi connectivity index (χ2v) is 6.73. The highest BCUT2D eigenvalue weighted by Gasteiger charge is 2.20. The van der Waals surface area contributed by atoms with Gasteiger partial charge in [0, 0.05) is 32.7 Å². The molecule has 0 saturated carbocycles. The van der Waals surface area contributed by atoms with Crippen LogP contribution in [0.15, 0.2) is 60.7 Å². The quantitative estimate of drug-likeness (QED) is 0.776. The van der Waals surface area contributed by atoms with Gasteiger partial charge in [0.15, 0.2) is 0 Å². The number of ether oxygens (including phenoxy) is 1. The van der Waals surface area contributed by atoms with E-state index in [1.807, 2.05) is 0 Å². The number of hydrogen-bond donors (Lipinski definition) is 0. The summed E-state index contributed by atoms with van der Waals surface area (Å²) in [5, 5.41) is 0. The van der Waals surface area contributed by atoms with Crippen LogP contribution in [0.5, 0.6) is 0 Å². The number of benzene rings is 2. The number of morpholine rings is 1. The van der Waals surface area contributed by atoms with Crippen molar-refractivity contribution in [1.82, 2.24) is 9.80 Å².